The second-order valence-corrected chi connectivity index (χ2v) is 5.79. The van der Waals surface area contributed by atoms with Crippen molar-refractivity contribution in [2.45, 2.75) is 32.4 Å². The largest absolute Gasteiger partial charge is 0.508 e. The third-order valence-electron chi connectivity index (χ3n) is 3.95. The molecule has 2 rings (SSSR count). The number of hydrogen-bond donors (Lipinski definition) is 1. The topological polar surface area (TPSA) is 26.7 Å². The molecule has 1 heterocycles. The van der Waals surface area contributed by atoms with Crippen molar-refractivity contribution in [3.8, 4) is 5.75 Å². The van der Waals surface area contributed by atoms with Crippen LogP contribution in [0.1, 0.15) is 25.3 Å². The molecule has 0 radical (unpaired) electrons. The maximum Gasteiger partial charge on any atom is 0.121 e. The lowest BCUT2D eigenvalue weighted by molar-refractivity contribution is 0.174. The zero-order valence-corrected chi connectivity index (χ0v) is 12.5. The molecule has 1 aromatic carbocycles. The van der Waals surface area contributed by atoms with Crippen LogP contribution in [0.4, 0.5) is 0 Å². The summed E-state index contributed by atoms with van der Waals surface area (Å²) < 4.78 is 0. The van der Waals surface area contributed by atoms with Crippen molar-refractivity contribution in [2.75, 3.05) is 26.7 Å². The second kappa shape index (κ2) is 6.60. The quantitative estimate of drug-likeness (QED) is 0.923. The molecule has 1 saturated heterocycles. The lowest BCUT2D eigenvalue weighted by atomic mass is 10.1. The maximum absolute atomic E-state index is 9.98. The molecule has 1 aliphatic heterocycles. The Morgan fingerprint density at radius 2 is 2.16 bits per heavy atom. The molecule has 1 atom stereocenters. The minimum absolute atomic E-state index is 0.306. The highest BCUT2D eigenvalue weighted by Crippen LogP contribution is 2.28. The third-order valence-corrected chi connectivity index (χ3v) is 4.30. The van der Waals surface area contributed by atoms with Gasteiger partial charge in [0.1, 0.15) is 5.75 Å². The summed E-state index contributed by atoms with van der Waals surface area (Å²) in [6.45, 7) is 6.25. The molecule has 1 aliphatic rings. The lowest BCUT2D eigenvalue weighted by Gasteiger charge is -2.30. The molecule has 3 nitrogen and oxygen atoms in total. The highest BCUT2D eigenvalue weighted by molar-refractivity contribution is 6.31. The summed E-state index contributed by atoms with van der Waals surface area (Å²) in [6.07, 6.45) is 2.29. The zero-order valence-electron chi connectivity index (χ0n) is 11.8. The molecule has 0 amide bonds. The second-order valence-electron chi connectivity index (χ2n) is 5.39. The average Bonchev–Trinajstić information content (AvgIpc) is 2.55. The predicted octanol–water partition coefficient (Wildman–Crippen LogP) is 2.96. The number of hydrogen-bond acceptors (Lipinski definition) is 3. The number of benzene rings is 1. The Labute approximate surface area is 120 Å². The van der Waals surface area contributed by atoms with Crippen molar-refractivity contribution < 1.29 is 5.11 Å². The van der Waals surface area contributed by atoms with Crippen molar-refractivity contribution in [3.63, 3.8) is 0 Å². The van der Waals surface area contributed by atoms with E-state index >= 15 is 0 Å². The minimum Gasteiger partial charge on any atom is -0.508 e. The first-order chi connectivity index (χ1) is 9.11. The van der Waals surface area contributed by atoms with Gasteiger partial charge in [0.05, 0.1) is 0 Å². The molecule has 0 bridgehead atoms. The summed E-state index contributed by atoms with van der Waals surface area (Å²) >= 11 is 6.21. The molecule has 0 spiro atoms. The maximum atomic E-state index is 9.98. The van der Waals surface area contributed by atoms with E-state index in [-0.39, 0.29) is 0 Å². The molecular formula is C15H23ClN2O. The van der Waals surface area contributed by atoms with Crippen LogP contribution in [0, 0.1) is 0 Å². The molecule has 0 aromatic heterocycles. The van der Waals surface area contributed by atoms with Crippen LogP contribution in [-0.2, 0) is 6.54 Å². The van der Waals surface area contributed by atoms with Gasteiger partial charge in [-0.2, -0.15) is 0 Å². The molecular weight excluding hydrogens is 260 g/mol. The van der Waals surface area contributed by atoms with Crippen molar-refractivity contribution in [3.05, 3.63) is 28.8 Å². The monoisotopic (exact) mass is 282 g/mol. The highest BCUT2D eigenvalue weighted by atomic mass is 35.5. The van der Waals surface area contributed by atoms with Gasteiger partial charge in [-0.1, -0.05) is 24.6 Å². The Bertz CT molecular complexity index is 404. The van der Waals surface area contributed by atoms with Gasteiger partial charge in [-0.3, -0.25) is 4.90 Å². The van der Waals surface area contributed by atoms with Crippen LogP contribution in [0.3, 0.4) is 0 Å². The Balaban J connectivity index is 2.16. The zero-order chi connectivity index (χ0) is 13.8. The highest BCUT2D eigenvalue weighted by Gasteiger charge is 2.23. The molecule has 4 heteroatoms. The van der Waals surface area contributed by atoms with Crippen LogP contribution in [0.15, 0.2) is 18.2 Å². The Hall–Kier alpha value is -0.770. The number of phenols is 1. The van der Waals surface area contributed by atoms with Gasteiger partial charge in [0.2, 0.25) is 0 Å². The molecule has 0 saturated carbocycles. The number of aromatic hydroxyl groups is 1. The van der Waals surface area contributed by atoms with E-state index in [9.17, 15) is 5.11 Å². The van der Waals surface area contributed by atoms with Crippen molar-refractivity contribution in [2.24, 2.45) is 0 Å². The van der Waals surface area contributed by atoms with Gasteiger partial charge in [0, 0.05) is 36.3 Å². The van der Waals surface area contributed by atoms with Gasteiger partial charge in [0.15, 0.2) is 0 Å². The normalized spacial score (nSPS) is 22.4. The van der Waals surface area contributed by atoms with E-state index in [0.717, 1.165) is 44.6 Å². The van der Waals surface area contributed by atoms with Gasteiger partial charge in [0.25, 0.3) is 0 Å². The van der Waals surface area contributed by atoms with Crippen LogP contribution in [-0.4, -0.2) is 47.6 Å². The van der Waals surface area contributed by atoms with Crippen molar-refractivity contribution in [1.29, 1.82) is 0 Å². The van der Waals surface area contributed by atoms with Gasteiger partial charge < -0.3 is 10.0 Å². The molecule has 1 fully saturated rings. The SMILES string of the molecule is CCC1CN(C)CCCN1Cc1c(O)cccc1Cl. The Kier molecular flexibility index (Phi) is 5.08. The average molecular weight is 283 g/mol. The first kappa shape index (κ1) is 14.6. The predicted molar refractivity (Wildman–Crippen MR) is 79.7 cm³/mol. The molecule has 106 valence electrons. The number of halogens is 1. The van der Waals surface area contributed by atoms with Gasteiger partial charge in [-0.25, -0.2) is 0 Å². The van der Waals surface area contributed by atoms with Crippen LogP contribution in [0.2, 0.25) is 5.02 Å². The van der Waals surface area contributed by atoms with Crippen LogP contribution in [0.25, 0.3) is 0 Å². The van der Waals surface area contributed by atoms with Crippen LogP contribution < -0.4 is 0 Å². The minimum atomic E-state index is 0.306. The summed E-state index contributed by atoms with van der Waals surface area (Å²) in [5.74, 6) is 0.306. The fourth-order valence-electron chi connectivity index (χ4n) is 2.80. The fraction of sp³-hybridized carbons (Fsp3) is 0.600. The first-order valence-corrected chi connectivity index (χ1v) is 7.38. The van der Waals surface area contributed by atoms with E-state index in [4.69, 9.17) is 11.6 Å². The number of rotatable bonds is 3. The fourth-order valence-corrected chi connectivity index (χ4v) is 3.02. The smallest absolute Gasteiger partial charge is 0.121 e. The van der Waals surface area contributed by atoms with E-state index in [2.05, 4.69) is 23.8 Å². The summed E-state index contributed by atoms with van der Waals surface area (Å²) in [5, 5.41) is 10.6. The van der Waals surface area contributed by atoms with E-state index in [1.54, 1.807) is 12.1 Å². The molecule has 0 aliphatic carbocycles. The van der Waals surface area contributed by atoms with Gasteiger partial charge >= 0.3 is 0 Å². The van der Waals surface area contributed by atoms with E-state index < -0.39 is 0 Å². The van der Waals surface area contributed by atoms with Crippen molar-refractivity contribution in [1.82, 2.24) is 9.80 Å². The lowest BCUT2D eigenvalue weighted by Crippen LogP contribution is -2.39. The summed E-state index contributed by atoms with van der Waals surface area (Å²) in [4.78, 5) is 4.84. The van der Waals surface area contributed by atoms with Crippen LogP contribution >= 0.6 is 11.6 Å². The number of phenolic OH excluding ortho intramolecular Hbond substituents is 1. The molecule has 1 unspecified atom stereocenters. The molecule has 19 heavy (non-hydrogen) atoms. The Morgan fingerprint density at radius 1 is 1.37 bits per heavy atom. The summed E-state index contributed by atoms with van der Waals surface area (Å²) in [6, 6.07) is 5.88. The first-order valence-electron chi connectivity index (χ1n) is 7.00. The summed E-state index contributed by atoms with van der Waals surface area (Å²) in [5.41, 5.74) is 0.854. The van der Waals surface area contributed by atoms with Gasteiger partial charge in [-0.05, 0) is 38.6 Å². The number of nitrogens with zero attached hydrogens (tertiary/aromatic N) is 2. The van der Waals surface area contributed by atoms with E-state index in [0.29, 0.717) is 16.8 Å². The summed E-state index contributed by atoms with van der Waals surface area (Å²) in [7, 11) is 2.18. The van der Waals surface area contributed by atoms with E-state index in [1.165, 1.54) is 0 Å². The molecule has 1 aromatic rings. The van der Waals surface area contributed by atoms with Gasteiger partial charge in [-0.15, -0.1) is 0 Å². The Morgan fingerprint density at radius 3 is 2.84 bits per heavy atom. The van der Waals surface area contributed by atoms with Crippen LogP contribution in [0.5, 0.6) is 5.75 Å². The van der Waals surface area contributed by atoms with E-state index in [1.807, 2.05) is 6.07 Å². The van der Waals surface area contributed by atoms with Crippen molar-refractivity contribution >= 4 is 11.6 Å². The molecule has 1 N–H and O–H groups in total. The standard InChI is InChI=1S/C15H23ClN2O/c1-3-12-10-17(2)8-5-9-18(12)11-13-14(16)6-4-7-15(13)19/h4,6-7,12,19H,3,5,8-11H2,1-2H3. The number of likely N-dealkylation sites (N-methyl/N-ethyl adjacent to an activating group) is 1. The third kappa shape index (κ3) is 3.62.